The van der Waals surface area contributed by atoms with Crippen LogP contribution >= 0.6 is 11.3 Å². The largest absolute Gasteiger partial charge is 0.459 e. The van der Waals surface area contributed by atoms with Crippen LogP contribution in [0.25, 0.3) is 0 Å². The van der Waals surface area contributed by atoms with Crippen LogP contribution in [-0.4, -0.2) is 35.5 Å². The maximum absolute atomic E-state index is 13.0. The van der Waals surface area contributed by atoms with Crippen molar-refractivity contribution >= 4 is 17.2 Å². The average molecular weight is 388 g/mol. The number of halogens is 3. The Hall–Kier alpha value is -1.87. The number of nitrogens with zero attached hydrogens (tertiary/aromatic N) is 2. The molecule has 1 unspecified atom stereocenters. The summed E-state index contributed by atoms with van der Waals surface area (Å²) in [6, 6.07) is 1.05. The van der Waals surface area contributed by atoms with Gasteiger partial charge in [0.15, 0.2) is 0 Å². The number of hydrogen-bond acceptors (Lipinski definition) is 5. The van der Waals surface area contributed by atoms with E-state index in [1.54, 1.807) is 0 Å². The lowest BCUT2D eigenvalue weighted by Gasteiger charge is -2.32. The van der Waals surface area contributed by atoms with Crippen LogP contribution in [0.5, 0.6) is 0 Å². The number of aromatic nitrogens is 1. The molecule has 0 N–H and O–H groups in total. The van der Waals surface area contributed by atoms with Gasteiger partial charge >= 0.3 is 6.18 Å². The summed E-state index contributed by atoms with van der Waals surface area (Å²) in [4.78, 5) is 18.5. The molecule has 1 fully saturated rings. The van der Waals surface area contributed by atoms with Crippen LogP contribution in [0.4, 0.5) is 13.2 Å². The molecule has 9 heteroatoms. The second-order valence-electron chi connectivity index (χ2n) is 7.09. The molecule has 1 amide bonds. The average Bonchev–Trinajstić information content (AvgIpc) is 3.22. The predicted octanol–water partition coefficient (Wildman–Crippen LogP) is 4.27. The zero-order valence-corrected chi connectivity index (χ0v) is 15.4. The van der Waals surface area contributed by atoms with Crippen LogP contribution in [0.1, 0.15) is 53.7 Å². The maximum atomic E-state index is 13.0. The molecule has 142 valence electrons. The minimum Gasteiger partial charge on any atom is -0.459 e. The van der Waals surface area contributed by atoms with E-state index in [2.05, 4.69) is 9.40 Å². The number of carbonyl (C=O) groups is 1. The zero-order chi connectivity index (χ0) is 19.1. The van der Waals surface area contributed by atoms with E-state index in [1.165, 1.54) is 16.2 Å². The van der Waals surface area contributed by atoms with Gasteiger partial charge in [-0.25, -0.2) is 4.98 Å². The second-order valence-corrected chi connectivity index (χ2v) is 7.98. The van der Waals surface area contributed by atoms with Crippen LogP contribution in [0.15, 0.2) is 22.1 Å². The molecule has 0 saturated carbocycles. The molecule has 3 rings (SSSR count). The first-order valence-corrected chi connectivity index (χ1v) is 8.97. The Bertz CT molecular complexity index is 792. The molecule has 0 aliphatic carbocycles. The van der Waals surface area contributed by atoms with Crippen molar-refractivity contribution in [3.63, 3.8) is 0 Å². The molecule has 1 aliphatic rings. The third kappa shape index (κ3) is 3.78. The third-order valence-corrected chi connectivity index (χ3v) is 5.01. The van der Waals surface area contributed by atoms with E-state index >= 15 is 0 Å². The fraction of sp³-hybridized carbons (Fsp3) is 0.529. The molecular formula is C17H19F3N2O3S. The molecule has 0 radical (unpaired) electrons. The van der Waals surface area contributed by atoms with Gasteiger partial charge in [-0.3, -0.25) is 4.79 Å². The Labute approximate surface area is 152 Å². The van der Waals surface area contributed by atoms with E-state index in [0.29, 0.717) is 0 Å². The molecule has 1 saturated heterocycles. The van der Waals surface area contributed by atoms with Crippen molar-refractivity contribution in [3.8, 4) is 0 Å². The fourth-order valence-electron chi connectivity index (χ4n) is 2.63. The van der Waals surface area contributed by atoms with Gasteiger partial charge in [-0.15, -0.1) is 11.3 Å². The van der Waals surface area contributed by atoms with E-state index in [4.69, 9.17) is 4.74 Å². The molecule has 0 aromatic carbocycles. The monoisotopic (exact) mass is 388 g/mol. The summed E-state index contributed by atoms with van der Waals surface area (Å²) >= 11 is 1.43. The topological polar surface area (TPSA) is 55.6 Å². The van der Waals surface area contributed by atoms with Crippen molar-refractivity contribution in [1.29, 1.82) is 0 Å². The van der Waals surface area contributed by atoms with Crippen molar-refractivity contribution in [1.82, 2.24) is 9.88 Å². The summed E-state index contributed by atoms with van der Waals surface area (Å²) in [6.45, 7) is 6.73. The van der Waals surface area contributed by atoms with E-state index in [0.717, 1.165) is 23.0 Å². The van der Waals surface area contributed by atoms with Gasteiger partial charge in [0.25, 0.3) is 5.91 Å². The molecule has 0 bridgehead atoms. The Balaban J connectivity index is 1.78. The van der Waals surface area contributed by atoms with Crippen molar-refractivity contribution in [2.24, 2.45) is 0 Å². The second kappa shape index (κ2) is 6.70. The Morgan fingerprint density at radius 1 is 1.35 bits per heavy atom. The minimum absolute atomic E-state index is 0.114. The standard InChI is InChI=1S/C17H19F3N2O3S/c1-16(2,3)12-9-26-14(21-12)11-8-22(5-7-24-11)15(23)10-4-6-25-13(10)17(18,19)20/h4,6,9,11H,5,7-8H2,1-3H3. The fourth-order valence-corrected chi connectivity index (χ4v) is 3.71. The molecule has 2 aromatic rings. The first kappa shape index (κ1) is 18.9. The third-order valence-electron chi connectivity index (χ3n) is 4.07. The summed E-state index contributed by atoms with van der Waals surface area (Å²) in [5, 5.41) is 2.66. The number of hydrogen-bond donors (Lipinski definition) is 0. The number of carbonyl (C=O) groups excluding carboxylic acids is 1. The number of furan rings is 1. The summed E-state index contributed by atoms with van der Waals surface area (Å²) < 4.78 is 49.1. The van der Waals surface area contributed by atoms with E-state index < -0.39 is 29.5 Å². The van der Waals surface area contributed by atoms with Crippen molar-refractivity contribution in [2.75, 3.05) is 19.7 Å². The van der Waals surface area contributed by atoms with Crippen LogP contribution in [0.2, 0.25) is 0 Å². The Morgan fingerprint density at radius 3 is 2.69 bits per heavy atom. The van der Waals surface area contributed by atoms with Crippen molar-refractivity contribution < 1.29 is 27.1 Å². The maximum Gasteiger partial charge on any atom is 0.450 e. The first-order chi connectivity index (χ1) is 12.1. The quantitative estimate of drug-likeness (QED) is 0.771. The zero-order valence-electron chi connectivity index (χ0n) is 14.6. The number of amides is 1. The molecule has 0 spiro atoms. The number of ether oxygens (including phenoxy) is 1. The highest BCUT2D eigenvalue weighted by Crippen LogP contribution is 2.34. The highest BCUT2D eigenvalue weighted by molar-refractivity contribution is 7.09. The molecular weight excluding hydrogens is 369 g/mol. The molecule has 2 aromatic heterocycles. The van der Waals surface area contributed by atoms with Crippen LogP contribution in [-0.2, 0) is 16.3 Å². The SMILES string of the molecule is CC(C)(C)c1csc(C2CN(C(=O)c3ccoc3C(F)(F)F)CCO2)n1. The van der Waals surface area contributed by atoms with E-state index in [1.807, 2.05) is 26.2 Å². The molecule has 1 aliphatic heterocycles. The number of morpholine rings is 1. The molecule has 26 heavy (non-hydrogen) atoms. The highest BCUT2D eigenvalue weighted by atomic mass is 32.1. The number of thiazole rings is 1. The summed E-state index contributed by atoms with van der Waals surface area (Å²) in [5.74, 6) is -1.98. The highest BCUT2D eigenvalue weighted by Gasteiger charge is 2.41. The Kier molecular flexibility index (Phi) is 4.87. The normalized spacial score (nSPS) is 19.0. The van der Waals surface area contributed by atoms with Gasteiger partial charge in [0.05, 0.1) is 30.7 Å². The summed E-state index contributed by atoms with van der Waals surface area (Å²) in [7, 11) is 0. The smallest absolute Gasteiger partial charge is 0.450 e. The van der Waals surface area contributed by atoms with Gasteiger partial charge in [0.2, 0.25) is 5.76 Å². The summed E-state index contributed by atoms with van der Waals surface area (Å²) in [5.41, 5.74) is 0.323. The minimum atomic E-state index is -4.71. The van der Waals surface area contributed by atoms with E-state index in [-0.39, 0.29) is 25.1 Å². The van der Waals surface area contributed by atoms with Gasteiger partial charge in [0.1, 0.15) is 11.1 Å². The number of alkyl halides is 3. The van der Waals surface area contributed by atoms with Gasteiger partial charge in [0, 0.05) is 17.3 Å². The van der Waals surface area contributed by atoms with Gasteiger partial charge in [-0.2, -0.15) is 13.2 Å². The van der Waals surface area contributed by atoms with Crippen molar-refractivity contribution in [3.05, 3.63) is 39.7 Å². The molecule has 1 atom stereocenters. The van der Waals surface area contributed by atoms with Crippen molar-refractivity contribution in [2.45, 2.75) is 38.5 Å². The predicted molar refractivity (Wildman–Crippen MR) is 89.1 cm³/mol. The van der Waals surface area contributed by atoms with Gasteiger partial charge < -0.3 is 14.1 Å². The van der Waals surface area contributed by atoms with Crippen LogP contribution < -0.4 is 0 Å². The number of rotatable bonds is 2. The lowest BCUT2D eigenvalue weighted by molar-refractivity contribution is -0.153. The molecule has 5 nitrogen and oxygen atoms in total. The lowest BCUT2D eigenvalue weighted by Crippen LogP contribution is -2.42. The first-order valence-electron chi connectivity index (χ1n) is 8.09. The van der Waals surface area contributed by atoms with Crippen LogP contribution in [0.3, 0.4) is 0 Å². The van der Waals surface area contributed by atoms with Gasteiger partial charge in [-0.05, 0) is 6.07 Å². The summed E-state index contributed by atoms with van der Waals surface area (Å²) in [6.07, 6.45) is -4.28. The Morgan fingerprint density at radius 2 is 2.08 bits per heavy atom. The van der Waals surface area contributed by atoms with E-state index in [9.17, 15) is 18.0 Å². The lowest BCUT2D eigenvalue weighted by atomic mass is 9.93. The molecule has 3 heterocycles. The van der Waals surface area contributed by atoms with Crippen LogP contribution in [0, 0.1) is 0 Å². The van der Waals surface area contributed by atoms with Gasteiger partial charge in [-0.1, -0.05) is 20.8 Å².